The predicted octanol–water partition coefficient (Wildman–Crippen LogP) is 0.537. The Morgan fingerprint density at radius 2 is 2.14 bits per heavy atom. The van der Waals surface area contributed by atoms with Crippen molar-refractivity contribution in [1.82, 2.24) is 10.6 Å². The van der Waals surface area contributed by atoms with Crippen molar-refractivity contribution >= 4 is 17.5 Å². The van der Waals surface area contributed by atoms with Crippen molar-refractivity contribution < 1.29 is 14.3 Å². The van der Waals surface area contributed by atoms with E-state index in [4.69, 9.17) is 4.74 Å². The van der Waals surface area contributed by atoms with Gasteiger partial charge in [-0.1, -0.05) is 6.07 Å². The summed E-state index contributed by atoms with van der Waals surface area (Å²) in [5, 5.41) is 8.70. The maximum absolute atomic E-state index is 12.0. The highest BCUT2D eigenvalue weighted by Crippen LogP contribution is 2.22. The fourth-order valence-electron chi connectivity index (χ4n) is 2.20. The van der Waals surface area contributed by atoms with Gasteiger partial charge in [0.1, 0.15) is 0 Å². The first-order valence-electron chi connectivity index (χ1n) is 7.11. The molecule has 6 nitrogen and oxygen atoms in total. The molecule has 1 aliphatic heterocycles. The first-order chi connectivity index (χ1) is 10.2. The highest BCUT2D eigenvalue weighted by molar-refractivity contribution is 5.95. The molecule has 2 amide bonds. The van der Waals surface area contributed by atoms with E-state index in [9.17, 15) is 9.59 Å². The van der Waals surface area contributed by atoms with Gasteiger partial charge in [0, 0.05) is 44.4 Å². The Bertz CT molecular complexity index is 517. The van der Waals surface area contributed by atoms with Gasteiger partial charge < -0.3 is 20.7 Å². The third kappa shape index (κ3) is 4.46. The van der Waals surface area contributed by atoms with Crippen LogP contribution in [-0.2, 0) is 16.0 Å². The van der Waals surface area contributed by atoms with E-state index in [-0.39, 0.29) is 18.2 Å². The number of carbonyl (C=O) groups excluding carboxylic acids is 2. The van der Waals surface area contributed by atoms with Crippen LogP contribution in [0.3, 0.4) is 0 Å². The molecular formula is C15H21N3O3. The topological polar surface area (TPSA) is 79.5 Å². The number of methoxy groups -OCH3 is 1. The van der Waals surface area contributed by atoms with Crippen LogP contribution in [0.1, 0.15) is 22.3 Å². The normalized spacial score (nSPS) is 12.4. The standard InChI is InChI=1S/C15H21N3O3/c1-21-9-8-17-14(19)5-7-18-15(20)12-3-2-11-4-6-16-13(11)10-12/h2-3,10,16H,4-9H2,1H3,(H,17,19)(H,18,20). The van der Waals surface area contributed by atoms with Crippen molar-refractivity contribution in [3.8, 4) is 0 Å². The molecule has 0 aromatic heterocycles. The second-order valence-corrected chi connectivity index (χ2v) is 4.90. The van der Waals surface area contributed by atoms with Crippen LogP contribution in [0.25, 0.3) is 0 Å². The molecule has 1 heterocycles. The number of amides is 2. The Morgan fingerprint density at radius 3 is 2.95 bits per heavy atom. The summed E-state index contributed by atoms with van der Waals surface area (Å²) < 4.78 is 4.84. The van der Waals surface area contributed by atoms with Crippen LogP contribution in [-0.4, -0.2) is 45.2 Å². The molecule has 0 radical (unpaired) electrons. The van der Waals surface area contributed by atoms with E-state index in [1.54, 1.807) is 7.11 Å². The van der Waals surface area contributed by atoms with Crippen molar-refractivity contribution in [3.05, 3.63) is 29.3 Å². The molecule has 0 saturated heterocycles. The Kier molecular flexibility index (Phi) is 5.57. The molecule has 1 aliphatic rings. The molecule has 21 heavy (non-hydrogen) atoms. The second kappa shape index (κ2) is 7.64. The zero-order valence-electron chi connectivity index (χ0n) is 12.2. The minimum atomic E-state index is -0.156. The molecule has 0 aliphatic carbocycles. The van der Waals surface area contributed by atoms with Gasteiger partial charge >= 0.3 is 0 Å². The number of carbonyl (C=O) groups is 2. The number of hydrogen-bond donors (Lipinski definition) is 3. The van der Waals surface area contributed by atoms with Crippen LogP contribution in [0.5, 0.6) is 0 Å². The van der Waals surface area contributed by atoms with Gasteiger partial charge in [-0.3, -0.25) is 9.59 Å². The highest BCUT2D eigenvalue weighted by Gasteiger charge is 2.13. The summed E-state index contributed by atoms with van der Waals surface area (Å²) >= 11 is 0. The molecule has 0 atom stereocenters. The van der Waals surface area contributed by atoms with Crippen molar-refractivity contribution in [1.29, 1.82) is 0 Å². The van der Waals surface area contributed by atoms with Crippen molar-refractivity contribution in [2.45, 2.75) is 12.8 Å². The fraction of sp³-hybridized carbons (Fsp3) is 0.467. The largest absolute Gasteiger partial charge is 0.384 e. The van der Waals surface area contributed by atoms with Crippen molar-refractivity contribution in [2.24, 2.45) is 0 Å². The van der Waals surface area contributed by atoms with E-state index in [2.05, 4.69) is 16.0 Å². The van der Waals surface area contributed by atoms with Gasteiger partial charge in [-0.25, -0.2) is 0 Å². The molecule has 0 saturated carbocycles. The Labute approximate surface area is 124 Å². The molecule has 1 aromatic rings. The molecular weight excluding hydrogens is 270 g/mol. The molecule has 0 fully saturated rings. The summed E-state index contributed by atoms with van der Waals surface area (Å²) in [6.07, 6.45) is 1.26. The summed E-state index contributed by atoms with van der Waals surface area (Å²) in [5.41, 5.74) is 2.88. The summed E-state index contributed by atoms with van der Waals surface area (Å²) in [6, 6.07) is 5.65. The average molecular weight is 291 g/mol. The number of hydrogen-bond acceptors (Lipinski definition) is 4. The number of nitrogens with one attached hydrogen (secondary N) is 3. The predicted molar refractivity (Wildman–Crippen MR) is 80.5 cm³/mol. The molecule has 0 unspecified atom stereocenters. The van der Waals surface area contributed by atoms with E-state index in [1.807, 2.05) is 18.2 Å². The van der Waals surface area contributed by atoms with Crippen LogP contribution in [0.4, 0.5) is 5.69 Å². The average Bonchev–Trinajstić information content (AvgIpc) is 2.94. The van der Waals surface area contributed by atoms with Gasteiger partial charge in [0.2, 0.25) is 5.91 Å². The first kappa shape index (κ1) is 15.3. The van der Waals surface area contributed by atoms with E-state index < -0.39 is 0 Å². The van der Waals surface area contributed by atoms with Gasteiger partial charge in [-0.15, -0.1) is 0 Å². The van der Waals surface area contributed by atoms with E-state index in [0.29, 0.717) is 25.3 Å². The lowest BCUT2D eigenvalue weighted by Gasteiger charge is -2.08. The van der Waals surface area contributed by atoms with Crippen molar-refractivity contribution in [3.63, 3.8) is 0 Å². The molecule has 0 bridgehead atoms. The Morgan fingerprint density at radius 1 is 1.29 bits per heavy atom. The van der Waals surface area contributed by atoms with Gasteiger partial charge in [0.15, 0.2) is 0 Å². The third-order valence-corrected chi connectivity index (χ3v) is 3.35. The van der Waals surface area contributed by atoms with Crippen LogP contribution >= 0.6 is 0 Å². The highest BCUT2D eigenvalue weighted by atomic mass is 16.5. The summed E-state index contributed by atoms with van der Waals surface area (Å²) in [6.45, 7) is 2.21. The number of ether oxygens (including phenoxy) is 1. The molecule has 3 N–H and O–H groups in total. The smallest absolute Gasteiger partial charge is 0.251 e. The number of benzene rings is 1. The number of anilines is 1. The van der Waals surface area contributed by atoms with Gasteiger partial charge in [-0.05, 0) is 24.1 Å². The van der Waals surface area contributed by atoms with Gasteiger partial charge in [0.05, 0.1) is 6.61 Å². The zero-order valence-corrected chi connectivity index (χ0v) is 12.2. The van der Waals surface area contributed by atoms with Crippen LogP contribution in [0, 0.1) is 0 Å². The SMILES string of the molecule is COCCNC(=O)CCNC(=O)c1ccc2c(c1)NCC2. The van der Waals surface area contributed by atoms with Gasteiger partial charge in [-0.2, -0.15) is 0 Å². The Hall–Kier alpha value is -2.08. The quantitative estimate of drug-likeness (QED) is 0.641. The van der Waals surface area contributed by atoms with Crippen LogP contribution in [0.2, 0.25) is 0 Å². The van der Waals surface area contributed by atoms with Crippen LogP contribution in [0.15, 0.2) is 18.2 Å². The molecule has 0 spiro atoms. The van der Waals surface area contributed by atoms with E-state index >= 15 is 0 Å². The minimum Gasteiger partial charge on any atom is -0.384 e. The lowest BCUT2D eigenvalue weighted by Crippen LogP contribution is -2.32. The summed E-state index contributed by atoms with van der Waals surface area (Å²) in [5.74, 6) is -0.251. The van der Waals surface area contributed by atoms with Gasteiger partial charge in [0.25, 0.3) is 5.91 Å². The van der Waals surface area contributed by atoms with Crippen molar-refractivity contribution in [2.75, 3.05) is 38.7 Å². The maximum Gasteiger partial charge on any atom is 0.251 e. The van der Waals surface area contributed by atoms with E-state index in [1.165, 1.54) is 5.56 Å². The zero-order chi connectivity index (χ0) is 15.1. The fourth-order valence-corrected chi connectivity index (χ4v) is 2.20. The maximum atomic E-state index is 12.0. The third-order valence-electron chi connectivity index (χ3n) is 3.35. The number of rotatable bonds is 7. The lowest BCUT2D eigenvalue weighted by molar-refractivity contribution is -0.121. The minimum absolute atomic E-state index is 0.0945. The molecule has 2 rings (SSSR count). The Balaban J connectivity index is 1.73. The van der Waals surface area contributed by atoms with Crippen LogP contribution < -0.4 is 16.0 Å². The monoisotopic (exact) mass is 291 g/mol. The number of fused-ring (bicyclic) bond motifs is 1. The first-order valence-corrected chi connectivity index (χ1v) is 7.11. The van der Waals surface area contributed by atoms with E-state index in [0.717, 1.165) is 18.7 Å². The molecule has 6 heteroatoms. The second-order valence-electron chi connectivity index (χ2n) is 4.90. The lowest BCUT2D eigenvalue weighted by atomic mass is 10.1. The molecule has 1 aromatic carbocycles. The molecule has 114 valence electrons. The summed E-state index contributed by atoms with van der Waals surface area (Å²) in [4.78, 5) is 23.5. The summed E-state index contributed by atoms with van der Waals surface area (Å²) in [7, 11) is 1.58.